The number of hydrogen-bond donors (Lipinski definition) is 4. The van der Waals surface area contributed by atoms with Crippen molar-refractivity contribution in [1.82, 2.24) is 0 Å². The fourth-order valence-electron chi connectivity index (χ4n) is 17.4. The molecule has 0 aromatic heterocycles. The van der Waals surface area contributed by atoms with Crippen LogP contribution in [-0.4, -0.2) is 109 Å². The fourth-order valence-corrected chi connectivity index (χ4v) is 17.4. The number of benzene rings is 8. The highest BCUT2D eigenvalue weighted by Crippen LogP contribution is 2.45. The molecule has 4 amide bonds. The Bertz CT molecular complexity index is 4880. The molecule has 4 aliphatic carbocycles. The molecule has 4 heterocycles. The first-order valence-electron chi connectivity index (χ1n) is 42.3. The molecule has 8 aromatic rings. The third-order valence-corrected chi connectivity index (χ3v) is 24.0. The number of anilines is 8. The van der Waals surface area contributed by atoms with Gasteiger partial charge in [0, 0.05) is 127 Å². The molecule has 20 heteroatoms. The molecule has 0 atom stereocenters. The quantitative estimate of drug-likeness (QED) is 0.0681. The summed E-state index contributed by atoms with van der Waals surface area (Å²) in [6.07, 6.45) is 26.9. The second-order valence-electron chi connectivity index (χ2n) is 34.6. The first kappa shape index (κ1) is 86.3. The van der Waals surface area contributed by atoms with Gasteiger partial charge in [0.1, 0.15) is 5.82 Å². The zero-order valence-electron chi connectivity index (χ0n) is 71.0. The van der Waals surface area contributed by atoms with E-state index in [2.05, 4.69) is 87.1 Å². The molecule has 620 valence electrons. The largest absolute Gasteiger partial charge is 0.483 e. The third kappa shape index (κ3) is 22.4. The Morgan fingerprint density at radius 2 is 0.576 bits per heavy atom. The number of aliphatic imine (C=N–C) groups is 4. The second kappa shape index (κ2) is 39.5. The molecule has 8 aliphatic rings. The van der Waals surface area contributed by atoms with Gasteiger partial charge in [-0.3, -0.25) is 39.1 Å². The molecule has 118 heavy (non-hydrogen) atoms. The van der Waals surface area contributed by atoms with E-state index in [0.717, 1.165) is 99.5 Å². The Morgan fingerprint density at radius 1 is 0.339 bits per heavy atom. The second-order valence-corrected chi connectivity index (χ2v) is 34.6. The lowest BCUT2D eigenvalue weighted by atomic mass is 9.84. The van der Waals surface area contributed by atoms with E-state index in [1.165, 1.54) is 203 Å². The fraction of sp³-hybridized carbons (Fsp3) is 0.418. The number of hydrogen-bond acceptors (Lipinski definition) is 13. The predicted molar refractivity (Wildman–Crippen MR) is 481 cm³/mol. The molecule has 4 saturated carbocycles. The number of fused-ring (bicyclic) bond motifs is 4. The van der Waals surface area contributed by atoms with Crippen LogP contribution in [0.3, 0.4) is 0 Å². The Labute approximate surface area is 695 Å². The number of halogens is 3. The van der Waals surface area contributed by atoms with Gasteiger partial charge in [0.2, 0.25) is 0 Å². The maximum absolute atomic E-state index is 13.1. The number of nitrogens with zero attached hydrogens (tertiary/aromatic N) is 8. The van der Waals surface area contributed by atoms with Crippen LogP contribution in [0.25, 0.3) is 0 Å². The van der Waals surface area contributed by atoms with Crippen LogP contribution in [0.15, 0.2) is 172 Å². The summed E-state index contributed by atoms with van der Waals surface area (Å²) in [5.74, 6) is 1.63. The van der Waals surface area contributed by atoms with E-state index < -0.39 is 6.29 Å². The highest BCUT2D eigenvalue weighted by molar-refractivity contribution is 6.11. The molecule has 0 radical (unpaired) electrons. The Kier molecular flexibility index (Phi) is 28.9. The van der Waals surface area contributed by atoms with Crippen LogP contribution >= 0.6 is 0 Å². The number of rotatable bonds is 16. The lowest BCUT2D eigenvalue weighted by Gasteiger charge is -2.21. The van der Waals surface area contributed by atoms with E-state index in [9.17, 15) is 32.3 Å². The lowest BCUT2D eigenvalue weighted by Crippen LogP contribution is -2.18. The van der Waals surface area contributed by atoms with Gasteiger partial charge in [0.05, 0.1) is 68.2 Å². The van der Waals surface area contributed by atoms with Crippen LogP contribution in [0.4, 0.5) is 86.2 Å². The standard InChI is InChI=1S/C27H35N3O.C24H29N3O.C23H26FN3O.C23H27N3O.CF2O/c1-27(2,3)21-13-11-19(12-14-21)26(31)29-24-17-23-20(16-25(24)30(4)5)15-22(28-23)18-9-7-6-8-10-18;1-16-9-11-18(12-10-16)24(28)26-22-15-21-19(14-23(22)27(2)3)13-20(25-21)17-7-5-4-6-8-17;1-27(2)22-13-17-12-19(15-6-4-3-5-7-15)25-20(17)14-21(22)26-23(28)16-8-10-18(24)11-9-16;1-26(2)22-14-18-13-19(16-9-5-3-6-10-16)24-20(18)15-21(22)25-23(27)17-11-7-4-8-12-17;2-1(3)4/h11-14,16-18H,6-10,15H2,1-5H3,(H,29,31);9-12,14-15,17H,4-8,13H2,1-3H3,(H,26,28);8-11,13-15H,3-7,12H2,1-2H3,(H,26,28);4,7-8,11-12,14-16H,3,5-6,9-10,13H2,1-2H3,(H,25,27);. The Hall–Kier alpha value is -11.0. The van der Waals surface area contributed by atoms with Crippen LogP contribution in [0.5, 0.6) is 0 Å². The smallest absolute Gasteiger partial charge is 0.376 e. The van der Waals surface area contributed by atoms with E-state index in [0.29, 0.717) is 45.9 Å². The van der Waals surface area contributed by atoms with Crippen LogP contribution in [0, 0.1) is 36.4 Å². The minimum atomic E-state index is -2.83. The number of carbonyl (C=O) groups is 5. The summed E-state index contributed by atoms with van der Waals surface area (Å²) in [5.41, 5.74) is 26.5. The predicted octanol–water partition coefficient (Wildman–Crippen LogP) is 23.6. The van der Waals surface area contributed by atoms with Crippen molar-refractivity contribution in [2.75, 3.05) is 97.2 Å². The van der Waals surface area contributed by atoms with Crippen molar-refractivity contribution >= 4 is 121 Å². The van der Waals surface area contributed by atoms with E-state index in [1.807, 2.05) is 165 Å². The van der Waals surface area contributed by atoms with Crippen LogP contribution in [0.2, 0.25) is 0 Å². The van der Waals surface area contributed by atoms with Gasteiger partial charge < -0.3 is 40.9 Å². The number of carbonyl (C=O) groups excluding carboxylic acids is 5. The zero-order chi connectivity index (χ0) is 83.9. The first-order valence-corrected chi connectivity index (χ1v) is 42.3. The summed E-state index contributed by atoms with van der Waals surface area (Å²) in [4.78, 5) is 87.2. The van der Waals surface area contributed by atoms with Crippen molar-refractivity contribution in [3.8, 4) is 0 Å². The van der Waals surface area contributed by atoms with Crippen molar-refractivity contribution < 1.29 is 37.1 Å². The van der Waals surface area contributed by atoms with Gasteiger partial charge in [0.25, 0.3) is 23.6 Å². The van der Waals surface area contributed by atoms with Crippen molar-refractivity contribution in [1.29, 1.82) is 0 Å². The summed E-state index contributed by atoms with van der Waals surface area (Å²) in [5, 5.41) is 12.3. The van der Waals surface area contributed by atoms with Crippen molar-refractivity contribution in [2.24, 2.45) is 43.6 Å². The zero-order valence-corrected chi connectivity index (χ0v) is 71.0. The average molecular weight is 1600 g/mol. The lowest BCUT2D eigenvalue weighted by molar-refractivity contribution is 0.101. The molecule has 0 spiro atoms. The van der Waals surface area contributed by atoms with Crippen LogP contribution in [-0.2, 0) is 31.1 Å². The SMILES string of the molecule is CN(C)c1cc2c(cc1NC(=O)c1ccc(C(C)(C)C)cc1)N=C(C1CCCCC1)C2.CN(C)c1cc2c(cc1NC(=O)c1ccc(F)cc1)N=C(C1CCCCC1)C2.CN(C)c1cc2c(cc1NC(=O)c1ccccc1)N=C(C1CCCCC1)C2.Cc1ccc(C(=O)Nc2cc3c(cc2N(C)C)CC(C2CCCCC2)=N3)cc1.O=C(F)F. The molecule has 0 bridgehead atoms. The summed E-state index contributed by atoms with van der Waals surface area (Å²) in [7, 11) is 16.0. The first-order chi connectivity index (χ1) is 56.6. The summed E-state index contributed by atoms with van der Waals surface area (Å²) in [6, 6.07) is 47.3. The van der Waals surface area contributed by atoms with Gasteiger partial charge >= 0.3 is 6.29 Å². The summed E-state index contributed by atoms with van der Waals surface area (Å²) in [6.45, 7) is 8.56. The molecule has 4 fully saturated rings. The molecule has 8 aromatic carbocycles. The van der Waals surface area contributed by atoms with Gasteiger partial charge in [-0.1, -0.05) is 146 Å². The minimum Gasteiger partial charge on any atom is -0.376 e. The topological polar surface area (TPSA) is 196 Å². The van der Waals surface area contributed by atoms with Gasteiger partial charge in [-0.2, -0.15) is 0 Å². The van der Waals surface area contributed by atoms with Gasteiger partial charge in [-0.25, -0.2) is 9.18 Å². The van der Waals surface area contributed by atoms with E-state index in [4.69, 9.17) is 24.8 Å². The monoisotopic (exact) mass is 1600 g/mol. The van der Waals surface area contributed by atoms with Crippen molar-refractivity contribution in [2.45, 2.75) is 187 Å². The highest BCUT2D eigenvalue weighted by atomic mass is 19.3. The molecule has 17 nitrogen and oxygen atoms in total. The Balaban J connectivity index is 0.000000142. The average Bonchev–Trinajstić information content (AvgIpc) is 1.64. The molecular formula is C98H117F3N12O5. The summed E-state index contributed by atoms with van der Waals surface area (Å²) >= 11 is 0. The van der Waals surface area contributed by atoms with Gasteiger partial charge in [-0.15, -0.1) is 8.78 Å². The molecule has 4 aliphatic heterocycles. The number of amides is 4. The van der Waals surface area contributed by atoms with Crippen molar-refractivity contribution in [3.05, 3.63) is 213 Å². The molecule has 0 unspecified atom stereocenters. The third-order valence-electron chi connectivity index (χ3n) is 24.0. The van der Waals surface area contributed by atoms with E-state index in [1.54, 1.807) is 0 Å². The number of nitrogens with one attached hydrogen (secondary N) is 4. The summed E-state index contributed by atoms with van der Waals surface area (Å²) < 4.78 is 32.5. The maximum atomic E-state index is 13.1. The van der Waals surface area contributed by atoms with Gasteiger partial charge in [-0.05, 0) is 224 Å². The van der Waals surface area contributed by atoms with Crippen LogP contribution < -0.4 is 40.9 Å². The normalized spacial score (nSPS) is 16.2. The molecular weight excluding hydrogens is 1480 g/mol. The minimum absolute atomic E-state index is 0.0706. The van der Waals surface area contributed by atoms with E-state index >= 15 is 0 Å². The van der Waals surface area contributed by atoms with Crippen molar-refractivity contribution in [3.63, 3.8) is 0 Å². The maximum Gasteiger partial charge on any atom is 0.483 e. The number of aryl methyl sites for hydroxylation is 1. The molecule has 0 saturated heterocycles. The van der Waals surface area contributed by atoms with Gasteiger partial charge in [0.15, 0.2) is 0 Å². The Morgan fingerprint density at radius 3 is 0.822 bits per heavy atom. The van der Waals surface area contributed by atoms with E-state index in [-0.39, 0.29) is 34.9 Å². The molecule has 16 rings (SSSR count). The highest BCUT2D eigenvalue weighted by Gasteiger charge is 2.32. The molecule has 4 N–H and O–H groups in total. The van der Waals surface area contributed by atoms with Crippen LogP contribution in [0.1, 0.15) is 224 Å².